The van der Waals surface area contributed by atoms with Crippen LogP contribution >= 0.6 is 0 Å². The number of nitrogens with zero attached hydrogens (tertiary/aromatic N) is 2. The highest BCUT2D eigenvalue weighted by Gasteiger charge is 2.01. The summed E-state index contributed by atoms with van der Waals surface area (Å²) >= 11 is 0. The van der Waals surface area contributed by atoms with Crippen LogP contribution in [0.3, 0.4) is 0 Å². The van der Waals surface area contributed by atoms with Crippen molar-refractivity contribution in [2.45, 2.75) is 6.92 Å². The van der Waals surface area contributed by atoms with Gasteiger partial charge in [-0.05, 0) is 13.0 Å². The van der Waals surface area contributed by atoms with E-state index in [1.54, 1.807) is 12.3 Å². The minimum Gasteiger partial charge on any atom is -0.399 e. The van der Waals surface area contributed by atoms with E-state index in [1.807, 2.05) is 24.9 Å². The maximum Gasteiger partial charge on any atom is 0.130 e. The molecule has 0 unspecified atom stereocenters. The molecular formula is C10H15N3. The SMILES string of the molecule is C=C(C)CN(C)c1cc(N)ccn1. The topological polar surface area (TPSA) is 42.1 Å². The first kappa shape index (κ1) is 9.58. The van der Waals surface area contributed by atoms with Crippen LogP contribution in [0.5, 0.6) is 0 Å². The van der Waals surface area contributed by atoms with Crippen molar-refractivity contribution in [2.24, 2.45) is 0 Å². The molecule has 1 heterocycles. The van der Waals surface area contributed by atoms with E-state index in [9.17, 15) is 0 Å². The highest BCUT2D eigenvalue weighted by Crippen LogP contribution is 2.12. The van der Waals surface area contributed by atoms with Gasteiger partial charge in [-0.3, -0.25) is 0 Å². The lowest BCUT2D eigenvalue weighted by Gasteiger charge is -2.17. The van der Waals surface area contributed by atoms with Crippen LogP contribution in [0.4, 0.5) is 11.5 Å². The van der Waals surface area contributed by atoms with E-state index in [-0.39, 0.29) is 0 Å². The van der Waals surface area contributed by atoms with Gasteiger partial charge in [-0.25, -0.2) is 4.98 Å². The summed E-state index contributed by atoms with van der Waals surface area (Å²) in [6.07, 6.45) is 1.71. The summed E-state index contributed by atoms with van der Waals surface area (Å²) in [5.41, 5.74) is 7.48. The largest absolute Gasteiger partial charge is 0.399 e. The Bertz CT molecular complexity index is 307. The Morgan fingerprint density at radius 2 is 2.38 bits per heavy atom. The number of anilines is 2. The molecule has 0 fully saturated rings. The van der Waals surface area contributed by atoms with E-state index in [4.69, 9.17) is 5.73 Å². The van der Waals surface area contributed by atoms with E-state index < -0.39 is 0 Å². The minimum absolute atomic E-state index is 0.735. The van der Waals surface area contributed by atoms with Crippen LogP contribution in [0.25, 0.3) is 0 Å². The number of aromatic nitrogens is 1. The Kier molecular flexibility index (Phi) is 2.90. The highest BCUT2D eigenvalue weighted by atomic mass is 15.2. The van der Waals surface area contributed by atoms with Crippen molar-refractivity contribution in [3.63, 3.8) is 0 Å². The smallest absolute Gasteiger partial charge is 0.130 e. The lowest BCUT2D eigenvalue weighted by molar-refractivity contribution is 0.955. The molecule has 0 saturated carbocycles. The van der Waals surface area contributed by atoms with Gasteiger partial charge in [0.25, 0.3) is 0 Å². The second kappa shape index (κ2) is 3.94. The Labute approximate surface area is 78.9 Å². The fraction of sp³-hybridized carbons (Fsp3) is 0.300. The van der Waals surface area contributed by atoms with E-state index in [1.165, 1.54) is 0 Å². The lowest BCUT2D eigenvalue weighted by atomic mass is 10.3. The van der Waals surface area contributed by atoms with E-state index in [2.05, 4.69) is 11.6 Å². The maximum absolute atomic E-state index is 5.64. The molecule has 70 valence electrons. The third kappa shape index (κ3) is 2.78. The number of hydrogen-bond acceptors (Lipinski definition) is 3. The molecule has 0 spiro atoms. The Hall–Kier alpha value is -1.51. The number of rotatable bonds is 3. The van der Waals surface area contributed by atoms with Gasteiger partial charge in [0.1, 0.15) is 5.82 Å². The van der Waals surface area contributed by atoms with Gasteiger partial charge in [0.15, 0.2) is 0 Å². The zero-order chi connectivity index (χ0) is 9.84. The predicted octanol–water partition coefficient (Wildman–Crippen LogP) is 1.68. The van der Waals surface area contributed by atoms with E-state index in [0.29, 0.717) is 0 Å². The van der Waals surface area contributed by atoms with E-state index in [0.717, 1.165) is 23.6 Å². The normalized spacial score (nSPS) is 9.69. The summed E-state index contributed by atoms with van der Waals surface area (Å²) in [4.78, 5) is 6.21. The Morgan fingerprint density at radius 3 is 2.92 bits per heavy atom. The molecule has 0 aliphatic carbocycles. The summed E-state index contributed by atoms with van der Waals surface area (Å²) in [7, 11) is 1.97. The van der Waals surface area contributed by atoms with Crippen molar-refractivity contribution in [2.75, 3.05) is 24.2 Å². The van der Waals surface area contributed by atoms with Crippen LogP contribution in [0.2, 0.25) is 0 Å². The molecule has 0 saturated heterocycles. The zero-order valence-corrected chi connectivity index (χ0v) is 8.12. The van der Waals surface area contributed by atoms with Gasteiger partial charge < -0.3 is 10.6 Å². The molecule has 0 bridgehead atoms. The number of nitrogen functional groups attached to an aromatic ring is 1. The summed E-state index contributed by atoms with van der Waals surface area (Å²) in [6, 6.07) is 3.63. The summed E-state index contributed by atoms with van der Waals surface area (Å²) in [5, 5.41) is 0. The molecule has 1 aromatic heterocycles. The standard InChI is InChI=1S/C10H15N3/c1-8(2)7-13(3)10-6-9(11)4-5-12-10/h4-6H,1,7H2,2-3H3,(H2,11,12). The van der Waals surface area contributed by atoms with Crippen molar-refractivity contribution >= 4 is 11.5 Å². The van der Waals surface area contributed by atoms with Crippen molar-refractivity contribution in [3.8, 4) is 0 Å². The molecule has 0 aromatic carbocycles. The average molecular weight is 177 g/mol. The first-order valence-corrected chi connectivity index (χ1v) is 4.16. The van der Waals surface area contributed by atoms with Crippen molar-refractivity contribution in [3.05, 3.63) is 30.5 Å². The first-order chi connectivity index (χ1) is 6.09. The Balaban J connectivity index is 2.76. The van der Waals surface area contributed by atoms with Crippen LogP contribution in [0.15, 0.2) is 30.5 Å². The summed E-state index contributed by atoms with van der Waals surface area (Å²) in [6.45, 7) is 6.63. The third-order valence-electron chi connectivity index (χ3n) is 1.67. The molecule has 0 aliphatic rings. The minimum atomic E-state index is 0.735. The van der Waals surface area contributed by atoms with Gasteiger partial charge in [-0.1, -0.05) is 12.2 Å². The Morgan fingerprint density at radius 1 is 1.69 bits per heavy atom. The van der Waals surface area contributed by atoms with Crippen LogP contribution in [0, 0.1) is 0 Å². The highest BCUT2D eigenvalue weighted by molar-refractivity contribution is 5.50. The molecular weight excluding hydrogens is 162 g/mol. The quantitative estimate of drug-likeness (QED) is 0.714. The summed E-state index contributed by atoms with van der Waals surface area (Å²) < 4.78 is 0. The monoisotopic (exact) mass is 177 g/mol. The van der Waals surface area contributed by atoms with Crippen molar-refractivity contribution in [1.82, 2.24) is 4.98 Å². The molecule has 0 atom stereocenters. The fourth-order valence-corrected chi connectivity index (χ4v) is 1.13. The van der Waals surface area contributed by atoms with Gasteiger partial charge in [-0.2, -0.15) is 0 Å². The molecule has 1 rings (SSSR count). The molecule has 2 N–H and O–H groups in total. The molecule has 1 aromatic rings. The summed E-state index contributed by atoms with van der Waals surface area (Å²) in [5.74, 6) is 0.878. The lowest BCUT2D eigenvalue weighted by Crippen LogP contribution is -2.20. The van der Waals surface area contributed by atoms with Crippen molar-refractivity contribution < 1.29 is 0 Å². The average Bonchev–Trinajstić information content (AvgIpc) is 2.03. The van der Waals surface area contributed by atoms with Gasteiger partial charge in [0.05, 0.1) is 0 Å². The van der Waals surface area contributed by atoms with Gasteiger partial charge in [-0.15, -0.1) is 0 Å². The fourth-order valence-electron chi connectivity index (χ4n) is 1.13. The first-order valence-electron chi connectivity index (χ1n) is 4.16. The van der Waals surface area contributed by atoms with E-state index >= 15 is 0 Å². The van der Waals surface area contributed by atoms with Crippen LogP contribution in [-0.4, -0.2) is 18.6 Å². The molecule has 0 aliphatic heterocycles. The number of pyridine rings is 1. The number of nitrogens with two attached hydrogens (primary N) is 1. The molecule has 3 nitrogen and oxygen atoms in total. The third-order valence-corrected chi connectivity index (χ3v) is 1.67. The molecule has 13 heavy (non-hydrogen) atoms. The molecule has 0 radical (unpaired) electrons. The number of hydrogen-bond donors (Lipinski definition) is 1. The van der Waals surface area contributed by atoms with Crippen LogP contribution in [-0.2, 0) is 0 Å². The van der Waals surface area contributed by atoms with Crippen LogP contribution in [0.1, 0.15) is 6.92 Å². The van der Waals surface area contributed by atoms with Gasteiger partial charge in [0, 0.05) is 31.5 Å². The van der Waals surface area contributed by atoms with Crippen LogP contribution < -0.4 is 10.6 Å². The predicted molar refractivity (Wildman–Crippen MR) is 56.7 cm³/mol. The number of likely N-dealkylation sites (N-methyl/N-ethyl adjacent to an activating group) is 1. The molecule has 3 heteroatoms. The zero-order valence-electron chi connectivity index (χ0n) is 8.12. The van der Waals surface area contributed by atoms with Crippen molar-refractivity contribution in [1.29, 1.82) is 0 Å². The van der Waals surface area contributed by atoms with Gasteiger partial charge in [0.2, 0.25) is 0 Å². The maximum atomic E-state index is 5.64. The molecule has 0 amide bonds. The second-order valence-electron chi connectivity index (χ2n) is 3.26. The second-order valence-corrected chi connectivity index (χ2v) is 3.26. The van der Waals surface area contributed by atoms with Gasteiger partial charge >= 0.3 is 0 Å².